The third-order valence-electron chi connectivity index (χ3n) is 7.16. The molecule has 1 saturated heterocycles. The van der Waals surface area contributed by atoms with Gasteiger partial charge in [-0.25, -0.2) is 8.42 Å². The molecule has 0 amide bonds. The van der Waals surface area contributed by atoms with E-state index in [0.717, 1.165) is 81.6 Å². The van der Waals surface area contributed by atoms with Crippen LogP contribution >= 0.6 is 0 Å². The molecule has 2 fully saturated rings. The molecule has 34 heavy (non-hydrogen) atoms. The minimum absolute atomic E-state index is 0.00375. The topological polar surface area (TPSA) is 64.4 Å². The average Bonchev–Trinajstić information content (AvgIpc) is 3.50. The molecule has 0 atom stereocenters. The summed E-state index contributed by atoms with van der Waals surface area (Å²) in [6.45, 7) is 10.1. The van der Waals surface area contributed by atoms with E-state index in [-0.39, 0.29) is 6.04 Å². The Bertz CT molecular complexity index is 1110. The predicted molar refractivity (Wildman–Crippen MR) is 139 cm³/mol. The highest BCUT2D eigenvalue weighted by molar-refractivity contribution is 7.96. The number of rotatable bonds is 9. The molecule has 6 nitrogen and oxygen atoms in total. The van der Waals surface area contributed by atoms with Crippen molar-refractivity contribution in [2.24, 2.45) is 5.92 Å². The molecule has 0 spiro atoms. The zero-order chi connectivity index (χ0) is 24.1. The quantitative estimate of drug-likeness (QED) is 0.462. The summed E-state index contributed by atoms with van der Waals surface area (Å²) in [7, 11) is -3.69. The Morgan fingerprint density at radius 1 is 1.18 bits per heavy atom. The van der Waals surface area contributed by atoms with E-state index in [4.69, 9.17) is 4.74 Å². The Labute approximate surface area is 204 Å². The van der Waals surface area contributed by atoms with Gasteiger partial charge in [-0.1, -0.05) is 38.5 Å². The normalized spacial score (nSPS) is 18.4. The molecule has 2 aromatic rings. The molecule has 2 heterocycles. The summed E-state index contributed by atoms with van der Waals surface area (Å²) < 4.78 is 36.9. The van der Waals surface area contributed by atoms with Crippen molar-refractivity contribution in [1.82, 2.24) is 9.78 Å². The summed E-state index contributed by atoms with van der Waals surface area (Å²) in [5.74, 6) is 0.512. The summed E-state index contributed by atoms with van der Waals surface area (Å²) in [4.78, 5) is 0.327. The third-order valence-corrected chi connectivity index (χ3v) is 9.11. The van der Waals surface area contributed by atoms with Crippen LogP contribution in [0.25, 0.3) is 12.2 Å². The van der Waals surface area contributed by atoms with Crippen molar-refractivity contribution in [2.45, 2.75) is 71.4 Å². The van der Waals surface area contributed by atoms with Crippen LogP contribution in [0.2, 0.25) is 0 Å². The number of ether oxygens (including phenoxy) is 1. The minimum atomic E-state index is -3.69. The number of hydrogen-bond donors (Lipinski definition) is 0. The summed E-state index contributed by atoms with van der Waals surface area (Å²) in [5, 5.41) is 4.57. The highest BCUT2D eigenvalue weighted by atomic mass is 32.2. The number of nitrogens with zero attached hydrogens (tertiary/aromatic N) is 3. The predicted octanol–water partition coefficient (Wildman–Crippen LogP) is 5.65. The first-order chi connectivity index (χ1) is 16.4. The van der Waals surface area contributed by atoms with E-state index >= 15 is 0 Å². The number of allylic oxidation sites excluding steroid dienone is 1. The molecule has 2 aliphatic rings. The SMILES string of the molecule is C=Cc1c(/C=C(\C)S(=O)(=O)N(c2ccc(CC)cc2)C2CCCC2)cnn1CC1CCOCC1. The van der Waals surface area contributed by atoms with Gasteiger partial charge in [0.15, 0.2) is 0 Å². The van der Waals surface area contributed by atoms with Crippen molar-refractivity contribution in [3.63, 3.8) is 0 Å². The van der Waals surface area contributed by atoms with Crippen molar-refractivity contribution in [3.05, 3.63) is 58.8 Å². The van der Waals surface area contributed by atoms with Gasteiger partial charge in [0.05, 0.1) is 22.5 Å². The van der Waals surface area contributed by atoms with Gasteiger partial charge in [0.2, 0.25) is 0 Å². The fourth-order valence-corrected chi connectivity index (χ4v) is 6.66. The maximum Gasteiger partial charge on any atom is 0.260 e. The second kappa shape index (κ2) is 10.9. The fourth-order valence-electron chi connectivity index (χ4n) is 5.07. The van der Waals surface area contributed by atoms with Crippen LogP contribution in [0.5, 0.6) is 0 Å². The number of anilines is 1. The molecule has 1 aromatic heterocycles. The highest BCUT2D eigenvalue weighted by Crippen LogP contribution is 2.34. The second-order valence-electron chi connectivity index (χ2n) is 9.44. The Morgan fingerprint density at radius 3 is 2.47 bits per heavy atom. The van der Waals surface area contributed by atoms with Crippen LogP contribution in [0.1, 0.15) is 69.2 Å². The summed E-state index contributed by atoms with van der Waals surface area (Å²) in [6, 6.07) is 7.95. The smallest absolute Gasteiger partial charge is 0.260 e. The lowest BCUT2D eigenvalue weighted by Crippen LogP contribution is -2.39. The minimum Gasteiger partial charge on any atom is -0.381 e. The summed E-state index contributed by atoms with van der Waals surface area (Å²) in [6.07, 6.45) is 12.1. The number of sulfonamides is 1. The molecule has 184 valence electrons. The molecule has 1 aromatic carbocycles. The van der Waals surface area contributed by atoms with E-state index in [1.807, 2.05) is 28.9 Å². The number of aromatic nitrogens is 2. The van der Waals surface area contributed by atoms with Crippen LogP contribution in [0, 0.1) is 5.92 Å². The van der Waals surface area contributed by atoms with Crippen molar-refractivity contribution in [2.75, 3.05) is 17.5 Å². The zero-order valence-electron chi connectivity index (χ0n) is 20.4. The van der Waals surface area contributed by atoms with Gasteiger partial charge < -0.3 is 4.74 Å². The largest absolute Gasteiger partial charge is 0.381 e. The van der Waals surface area contributed by atoms with Gasteiger partial charge in [0.25, 0.3) is 10.0 Å². The standard InChI is InChI=1S/C27H37N3O3S/c1-4-22-10-12-26(13-11-22)30(25-8-6-7-9-25)34(31,32)21(3)18-24-19-28-29(27(24)5-2)20-23-14-16-33-17-15-23/h5,10-13,18-19,23,25H,2,4,6-9,14-17,20H2,1,3H3/b21-18+. The Hall–Kier alpha value is -2.38. The molecule has 7 heteroatoms. The molecule has 0 N–H and O–H groups in total. The van der Waals surface area contributed by atoms with Crippen LogP contribution in [0.4, 0.5) is 5.69 Å². The maximum absolute atomic E-state index is 13.9. The molecule has 1 aliphatic carbocycles. The Balaban J connectivity index is 1.64. The van der Waals surface area contributed by atoms with Crippen LogP contribution in [-0.4, -0.2) is 37.5 Å². The first-order valence-electron chi connectivity index (χ1n) is 12.5. The average molecular weight is 484 g/mol. The molecule has 0 unspecified atom stereocenters. The lowest BCUT2D eigenvalue weighted by atomic mass is 10.0. The van der Waals surface area contributed by atoms with E-state index in [9.17, 15) is 8.42 Å². The number of aryl methyl sites for hydroxylation is 1. The lowest BCUT2D eigenvalue weighted by Gasteiger charge is -2.30. The van der Waals surface area contributed by atoms with E-state index in [0.29, 0.717) is 10.8 Å². The van der Waals surface area contributed by atoms with Gasteiger partial charge in [0, 0.05) is 31.4 Å². The third kappa shape index (κ3) is 5.31. The van der Waals surface area contributed by atoms with E-state index < -0.39 is 10.0 Å². The monoisotopic (exact) mass is 483 g/mol. The van der Waals surface area contributed by atoms with E-state index in [2.05, 4.69) is 18.6 Å². The van der Waals surface area contributed by atoms with Gasteiger partial charge in [-0.15, -0.1) is 0 Å². The first-order valence-corrected chi connectivity index (χ1v) is 14.0. The maximum atomic E-state index is 13.9. The zero-order valence-corrected chi connectivity index (χ0v) is 21.3. The van der Waals surface area contributed by atoms with Crippen molar-refractivity contribution >= 4 is 27.9 Å². The van der Waals surface area contributed by atoms with Gasteiger partial charge in [-0.3, -0.25) is 8.99 Å². The van der Waals surface area contributed by atoms with Gasteiger partial charge >= 0.3 is 0 Å². The van der Waals surface area contributed by atoms with E-state index in [1.165, 1.54) is 5.56 Å². The lowest BCUT2D eigenvalue weighted by molar-refractivity contribution is 0.0601. The van der Waals surface area contributed by atoms with Crippen LogP contribution in [-0.2, 0) is 27.7 Å². The number of hydrogen-bond acceptors (Lipinski definition) is 4. The van der Waals surface area contributed by atoms with Crippen molar-refractivity contribution < 1.29 is 13.2 Å². The molecule has 4 rings (SSSR count). The van der Waals surface area contributed by atoms with Crippen molar-refractivity contribution in [1.29, 1.82) is 0 Å². The first kappa shape index (κ1) is 24.7. The van der Waals surface area contributed by atoms with Gasteiger partial charge in [-0.2, -0.15) is 5.10 Å². The van der Waals surface area contributed by atoms with Crippen LogP contribution < -0.4 is 4.31 Å². The van der Waals surface area contributed by atoms with Crippen molar-refractivity contribution in [3.8, 4) is 0 Å². The second-order valence-corrected chi connectivity index (χ2v) is 11.4. The van der Waals surface area contributed by atoms with E-state index in [1.54, 1.807) is 29.6 Å². The molecular formula is C27H37N3O3S. The molecule has 0 bridgehead atoms. The Morgan fingerprint density at radius 2 is 1.85 bits per heavy atom. The van der Waals surface area contributed by atoms with Crippen LogP contribution in [0.15, 0.2) is 41.9 Å². The summed E-state index contributed by atoms with van der Waals surface area (Å²) in [5.41, 5.74) is 3.60. The molecule has 0 radical (unpaired) electrons. The molecular weight excluding hydrogens is 446 g/mol. The molecule has 1 saturated carbocycles. The number of benzene rings is 1. The van der Waals surface area contributed by atoms with Crippen LogP contribution in [0.3, 0.4) is 0 Å². The van der Waals surface area contributed by atoms with Gasteiger partial charge in [-0.05, 0) is 74.8 Å². The fraction of sp³-hybridized carbons (Fsp3) is 0.519. The summed E-state index contributed by atoms with van der Waals surface area (Å²) >= 11 is 0. The molecule has 1 aliphatic heterocycles. The Kier molecular flexibility index (Phi) is 7.94. The van der Waals surface area contributed by atoms with Gasteiger partial charge in [0.1, 0.15) is 0 Å². The highest BCUT2D eigenvalue weighted by Gasteiger charge is 2.33.